The van der Waals surface area contributed by atoms with Gasteiger partial charge in [0.1, 0.15) is 6.04 Å². The van der Waals surface area contributed by atoms with Gasteiger partial charge in [0.05, 0.1) is 7.11 Å². The van der Waals surface area contributed by atoms with Crippen molar-refractivity contribution < 1.29 is 14.3 Å². The van der Waals surface area contributed by atoms with Crippen molar-refractivity contribution in [2.24, 2.45) is 0 Å². The largest absolute Gasteiger partial charge is 0.467 e. The average molecular weight is 465 g/mol. The van der Waals surface area contributed by atoms with E-state index in [1.165, 1.54) is 7.11 Å². The van der Waals surface area contributed by atoms with Crippen molar-refractivity contribution in [1.82, 2.24) is 5.32 Å². The van der Waals surface area contributed by atoms with E-state index in [1.54, 1.807) is 12.1 Å². The lowest BCUT2D eigenvalue weighted by Crippen LogP contribution is -2.43. The fourth-order valence-corrected chi connectivity index (χ4v) is 3.21. The monoisotopic (exact) mass is 465 g/mol. The molecule has 1 N–H and O–H groups in total. The highest BCUT2D eigenvalue weighted by Gasteiger charge is 2.23. The van der Waals surface area contributed by atoms with E-state index < -0.39 is 12.0 Å². The third-order valence-corrected chi connectivity index (χ3v) is 4.80. The van der Waals surface area contributed by atoms with Gasteiger partial charge in [-0.2, -0.15) is 0 Å². The normalized spacial score (nSPS) is 12.3. The van der Waals surface area contributed by atoms with Crippen molar-refractivity contribution in [3.8, 4) is 0 Å². The van der Waals surface area contributed by atoms with Crippen LogP contribution in [0.1, 0.15) is 42.3 Å². The molecule has 0 spiro atoms. The van der Waals surface area contributed by atoms with Crippen molar-refractivity contribution in [2.45, 2.75) is 38.6 Å². The van der Waals surface area contributed by atoms with Crippen LogP contribution in [0.4, 0.5) is 0 Å². The highest BCUT2D eigenvalue weighted by Crippen LogP contribution is 2.22. The van der Waals surface area contributed by atoms with Gasteiger partial charge >= 0.3 is 5.97 Å². The molecule has 0 bridgehead atoms. The summed E-state index contributed by atoms with van der Waals surface area (Å²) in [5, 5.41) is 2.79. The molecule has 0 aliphatic rings. The van der Waals surface area contributed by atoms with Gasteiger partial charge in [-0.25, -0.2) is 4.79 Å². The molecule has 2 aromatic carbocycles. The molecule has 1 atom stereocenters. The van der Waals surface area contributed by atoms with Gasteiger partial charge < -0.3 is 10.1 Å². The summed E-state index contributed by atoms with van der Waals surface area (Å²) >= 11 is 2.22. The van der Waals surface area contributed by atoms with Gasteiger partial charge in [0, 0.05) is 15.6 Å². The number of amides is 1. The van der Waals surface area contributed by atoms with Crippen LogP contribution in [0.3, 0.4) is 0 Å². The standard InChI is InChI=1S/C21H24INO3/c1-21(2,3)16-10-8-15(9-11-16)19(24)23-18(20(25)26-4)13-14-6-5-7-17(22)12-14/h5-12,18H,13H2,1-4H3,(H,23,24)/t18-/m1/s1. The van der Waals surface area contributed by atoms with E-state index >= 15 is 0 Å². The Balaban J connectivity index is 2.14. The van der Waals surface area contributed by atoms with E-state index in [0.29, 0.717) is 12.0 Å². The molecule has 0 unspecified atom stereocenters. The number of hydrogen-bond donors (Lipinski definition) is 1. The molecular weight excluding hydrogens is 441 g/mol. The SMILES string of the molecule is COC(=O)[C@@H](Cc1cccc(I)c1)NC(=O)c1ccc(C(C)(C)C)cc1. The minimum Gasteiger partial charge on any atom is -0.467 e. The summed E-state index contributed by atoms with van der Waals surface area (Å²) in [7, 11) is 1.33. The molecule has 1 amide bonds. The molecule has 0 saturated heterocycles. The van der Waals surface area contributed by atoms with Crippen LogP contribution in [-0.4, -0.2) is 25.0 Å². The minimum atomic E-state index is -0.729. The zero-order chi connectivity index (χ0) is 19.3. The number of carbonyl (C=O) groups is 2. The van der Waals surface area contributed by atoms with Crippen LogP contribution >= 0.6 is 22.6 Å². The molecule has 5 heteroatoms. The molecule has 4 nitrogen and oxygen atoms in total. The van der Waals surface area contributed by atoms with Crippen molar-refractivity contribution in [3.05, 3.63) is 68.8 Å². The molecule has 0 saturated carbocycles. The summed E-state index contributed by atoms with van der Waals surface area (Å²) in [5.74, 6) is -0.741. The number of benzene rings is 2. The number of nitrogens with one attached hydrogen (secondary N) is 1. The predicted octanol–water partition coefficient (Wildman–Crippen LogP) is 4.10. The van der Waals surface area contributed by atoms with E-state index in [1.807, 2.05) is 36.4 Å². The third-order valence-electron chi connectivity index (χ3n) is 4.13. The van der Waals surface area contributed by atoms with Gasteiger partial charge in [0.2, 0.25) is 0 Å². The van der Waals surface area contributed by atoms with Crippen molar-refractivity contribution in [2.75, 3.05) is 7.11 Å². The molecule has 2 rings (SSSR count). The lowest BCUT2D eigenvalue weighted by Gasteiger charge is -2.20. The Labute approximate surface area is 168 Å². The first kappa shape index (κ1) is 20.4. The van der Waals surface area contributed by atoms with E-state index in [-0.39, 0.29) is 11.3 Å². The van der Waals surface area contributed by atoms with E-state index in [9.17, 15) is 9.59 Å². The highest BCUT2D eigenvalue weighted by atomic mass is 127. The molecule has 0 aliphatic heterocycles. The van der Waals surface area contributed by atoms with Gasteiger partial charge in [-0.3, -0.25) is 4.79 Å². The first-order valence-electron chi connectivity index (χ1n) is 8.44. The first-order valence-corrected chi connectivity index (χ1v) is 9.52. The Morgan fingerprint density at radius 1 is 1.12 bits per heavy atom. The van der Waals surface area contributed by atoms with Gasteiger partial charge in [0.15, 0.2) is 0 Å². The van der Waals surface area contributed by atoms with Crippen LogP contribution in [0.25, 0.3) is 0 Å². The molecule has 2 aromatic rings. The lowest BCUT2D eigenvalue weighted by atomic mass is 9.86. The van der Waals surface area contributed by atoms with Crippen LogP contribution in [0.5, 0.6) is 0 Å². The van der Waals surface area contributed by atoms with E-state index in [0.717, 1.165) is 14.7 Å². The van der Waals surface area contributed by atoms with E-state index in [2.05, 4.69) is 48.7 Å². The number of carbonyl (C=O) groups excluding carboxylic acids is 2. The smallest absolute Gasteiger partial charge is 0.328 e. The summed E-state index contributed by atoms with van der Waals surface area (Å²) in [6.07, 6.45) is 0.384. The molecular formula is C21H24INO3. The average Bonchev–Trinajstić information content (AvgIpc) is 2.59. The summed E-state index contributed by atoms with van der Waals surface area (Å²) < 4.78 is 5.94. The summed E-state index contributed by atoms with van der Waals surface area (Å²) in [6.45, 7) is 6.36. The number of rotatable bonds is 5. The van der Waals surface area contributed by atoms with E-state index in [4.69, 9.17) is 4.74 Å². The first-order chi connectivity index (χ1) is 12.2. The summed E-state index contributed by atoms with van der Waals surface area (Å²) in [4.78, 5) is 24.7. The maximum absolute atomic E-state index is 12.6. The fraction of sp³-hybridized carbons (Fsp3) is 0.333. The summed E-state index contributed by atoms with van der Waals surface area (Å²) in [6, 6.07) is 14.6. The fourth-order valence-electron chi connectivity index (χ4n) is 2.60. The maximum Gasteiger partial charge on any atom is 0.328 e. The minimum absolute atomic E-state index is 0.0218. The Kier molecular flexibility index (Phi) is 6.81. The maximum atomic E-state index is 12.6. The Bertz CT molecular complexity index is 779. The number of methoxy groups -OCH3 is 1. The van der Waals surface area contributed by atoms with Crippen LogP contribution < -0.4 is 5.32 Å². The highest BCUT2D eigenvalue weighted by molar-refractivity contribution is 14.1. The zero-order valence-electron chi connectivity index (χ0n) is 15.5. The number of hydrogen-bond acceptors (Lipinski definition) is 3. The van der Waals surface area contributed by atoms with Gasteiger partial charge in [0.25, 0.3) is 5.91 Å². The predicted molar refractivity (Wildman–Crippen MR) is 111 cm³/mol. The quantitative estimate of drug-likeness (QED) is 0.535. The molecule has 26 heavy (non-hydrogen) atoms. The number of esters is 1. The van der Waals surface area contributed by atoms with Gasteiger partial charge in [-0.05, 0) is 63.4 Å². The molecule has 0 radical (unpaired) electrons. The Morgan fingerprint density at radius 3 is 2.31 bits per heavy atom. The Morgan fingerprint density at radius 2 is 1.77 bits per heavy atom. The van der Waals surface area contributed by atoms with Crippen LogP contribution in [0.15, 0.2) is 48.5 Å². The number of halogens is 1. The van der Waals surface area contributed by atoms with Crippen molar-refractivity contribution in [3.63, 3.8) is 0 Å². The second kappa shape index (κ2) is 8.66. The van der Waals surface area contributed by atoms with Crippen molar-refractivity contribution >= 4 is 34.5 Å². The summed E-state index contributed by atoms with van der Waals surface area (Å²) in [5.41, 5.74) is 2.66. The van der Waals surface area contributed by atoms with Gasteiger partial charge in [-0.15, -0.1) is 0 Å². The topological polar surface area (TPSA) is 55.4 Å². The number of ether oxygens (including phenoxy) is 1. The van der Waals surface area contributed by atoms with Crippen LogP contribution in [0.2, 0.25) is 0 Å². The zero-order valence-corrected chi connectivity index (χ0v) is 17.7. The van der Waals surface area contributed by atoms with Gasteiger partial charge in [-0.1, -0.05) is 45.0 Å². The molecule has 0 aromatic heterocycles. The molecule has 0 aliphatic carbocycles. The second-order valence-electron chi connectivity index (χ2n) is 7.21. The molecule has 0 fully saturated rings. The lowest BCUT2D eigenvalue weighted by molar-refractivity contribution is -0.142. The third kappa shape index (κ3) is 5.56. The molecule has 0 heterocycles. The van der Waals surface area contributed by atoms with Crippen LogP contribution in [0, 0.1) is 3.57 Å². The molecule has 138 valence electrons. The second-order valence-corrected chi connectivity index (χ2v) is 8.46. The van der Waals surface area contributed by atoms with Crippen LogP contribution in [-0.2, 0) is 21.4 Å². The van der Waals surface area contributed by atoms with Crippen molar-refractivity contribution in [1.29, 1.82) is 0 Å². The Hall–Kier alpha value is -1.89.